The second-order valence-electron chi connectivity index (χ2n) is 6.96. The quantitative estimate of drug-likeness (QED) is 0.337. The Bertz CT molecular complexity index is 920. The van der Waals surface area contributed by atoms with Gasteiger partial charge in [0.2, 0.25) is 0 Å². The standard InChI is InChI=1S/C28H24/c1-5-13-23(14-6-1)27(24-15-7-2-8-16-24)21-22-28(25-17-9-3-10-18-25)26-19-11-4-12-20-26/h1-21,28H,22H2. The van der Waals surface area contributed by atoms with Crippen molar-refractivity contribution >= 4 is 5.57 Å². The first-order valence-electron chi connectivity index (χ1n) is 9.83. The molecule has 0 aliphatic carbocycles. The molecule has 0 N–H and O–H groups in total. The van der Waals surface area contributed by atoms with Crippen LogP contribution >= 0.6 is 0 Å². The van der Waals surface area contributed by atoms with Crippen molar-refractivity contribution in [1.82, 2.24) is 0 Å². The van der Waals surface area contributed by atoms with Gasteiger partial charge in [-0.2, -0.15) is 0 Å². The highest BCUT2D eigenvalue weighted by Gasteiger charge is 2.14. The van der Waals surface area contributed by atoms with Crippen molar-refractivity contribution in [3.05, 3.63) is 150 Å². The first kappa shape index (κ1) is 18.0. The Hall–Kier alpha value is -3.38. The summed E-state index contributed by atoms with van der Waals surface area (Å²) < 4.78 is 0. The SMILES string of the molecule is C(CC(c1ccccc1)c1ccccc1)=C(c1ccccc1)c1ccccc1. The van der Waals surface area contributed by atoms with Crippen molar-refractivity contribution < 1.29 is 0 Å². The van der Waals surface area contributed by atoms with Gasteiger partial charge in [0.15, 0.2) is 0 Å². The van der Waals surface area contributed by atoms with Crippen LogP contribution in [0.4, 0.5) is 0 Å². The van der Waals surface area contributed by atoms with Crippen molar-refractivity contribution in [2.75, 3.05) is 0 Å². The maximum atomic E-state index is 2.40. The Balaban J connectivity index is 1.74. The second kappa shape index (κ2) is 9.01. The highest BCUT2D eigenvalue weighted by atomic mass is 14.2. The molecule has 4 rings (SSSR count). The highest BCUT2D eigenvalue weighted by molar-refractivity contribution is 5.79. The average Bonchev–Trinajstić information content (AvgIpc) is 2.79. The molecule has 0 radical (unpaired) electrons. The fraction of sp³-hybridized carbons (Fsp3) is 0.0714. The third-order valence-corrected chi connectivity index (χ3v) is 5.13. The minimum atomic E-state index is 0.338. The lowest BCUT2D eigenvalue weighted by Crippen LogP contribution is -2.00. The molecule has 0 amide bonds. The van der Waals surface area contributed by atoms with E-state index in [9.17, 15) is 0 Å². The van der Waals surface area contributed by atoms with Crippen molar-refractivity contribution in [3.8, 4) is 0 Å². The summed E-state index contributed by atoms with van der Waals surface area (Å²) in [7, 11) is 0. The first-order chi connectivity index (χ1) is 13.9. The summed E-state index contributed by atoms with van der Waals surface area (Å²) in [5.41, 5.74) is 6.51. The first-order valence-corrected chi connectivity index (χ1v) is 9.83. The molecule has 0 saturated heterocycles. The van der Waals surface area contributed by atoms with Crippen LogP contribution in [0.1, 0.15) is 34.6 Å². The summed E-state index contributed by atoms with van der Waals surface area (Å²) in [6.07, 6.45) is 3.35. The third kappa shape index (κ3) is 4.29. The zero-order chi connectivity index (χ0) is 19.0. The van der Waals surface area contributed by atoms with Crippen molar-refractivity contribution in [3.63, 3.8) is 0 Å². The van der Waals surface area contributed by atoms with Gasteiger partial charge in [0.1, 0.15) is 0 Å². The van der Waals surface area contributed by atoms with E-state index in [0.29, 0.717) is 5.92 Å². The van der Waals surface area contributed by atoms with Gasteiger partial charge in [-0.3, -0.25) is 0 Å². The smallest absolute Gasteiger partial charge is 0.0124 e. The number of allylic oxidation sites excluding steroid dienone is 1. The van der Waals surface area contributed by atoms with Crippen LogP contribution in [0.15, 0.2) is 127 Å². The van der Waals surface area contributed by atoms with Gasteiger partial charge in [0, 0.05) is 5.92 Å². The van der Waals surface area contributed by atoms with E-state index in [4.69, 9.17) is 0 Å². The van der Waals surface area contributed by atoms with E-state index in [0.717, 1.165) is 6.42 Å². The molecule has 0 nitrogen and oxygen atoms in total. The van der Waals surface area contributed by atoms with Gasteiger partial charge in [-0.05, 0) is 34.2 Å². The normalized spacial score (nSPS) is 10.6. The lowest BCUT2D eigenvalue weighted by Gasteiger charge is -2.18. The average molecular weight is 361 g/mol. The van der Waals surface area contributed by atoms with Crippen LogP contribution in [0.3, 0.4) is 0 Å². The maximum absolute atomic E-state index is 2.40. The second-order valence-corrected chi connectivity index (χ2v) is 6.96. The van der Waals surface area contributed by atoms with Crippen LogP contribution in [-0.2, 0) is 0 Å². The van der Waals surface area contributed by atoms with Crippen molar-refractivity contribution in [1.29, 1.82) is 0 Å². The summed E-state index contributed by atoms with van der Waals surface area (Å²) in [5.74, 6) is 0.338. The molecule has 28 heavy (non-hydrogen) atoms. The minimum Gasteiger partial charge on any atom is -0.0751 e. The Labute approximate surface area is 167 Å². The zero-order valence-electron chi connectivity index (χ0n) is 15.9. The molecule has 0 unspecified atom stereocenters. The molecule has 0 atom stereocenters. The molecule has 0 fully saturated rings. The molecular formula is C28H24. The molecule has 0 aliphatic heterocycles. The van der Waals surface area contributed by atoms with Gasteiger partial charge in [-0.15, -0.1) is 0 Å². The molecule has 4 aromatic rings. The van der Waals surface area contributed by atoms with E-state index < -0.39 is 0 Å². The van der Waals surface area contributed by atoms with Crippen LogP contribution in [0.2, 0.25) is 0 Å². The van der Waals surface area contributed by atoms with Gasteiger partial charge < -0.3 is 0 Å². The van der Waals surface area contributed by atoms with Crippen LogP contribution in [0.5, 0.6) is 0 Å². The highest BCUT2D eigenvalue weighted by Crippen LogP contribution is 2.31. The summed E-state index contributed by atoms with van der Waals surface area (Å²) in [6.45, 7) is 0. The summed E-state index contributed by atoms with van der Waals surface area (Å²) in [6, 6.07) is 43.0. The fourth-order valence-corrected chi connectivity index (χ4v) is 3.71. The minimum absolute atomic E-state index is 0.338. The monoisotopic (exact) mass is 360 g/mol. The van der Waals surface area contributed by atoms with E-state index in [1.165, 1.54) is 27.8 Å². The van der Waals surface area contributed by atoms with Crippen molar-refractivity contribution in [2.45, 2.75) is 12.3 Å². The molecule has 4 aromatic carbocycles. The van der Waals surface area contributed by atoms with Gasteiger partial charge in [0.25, 0.3) is 0 Å². The Morgan fingerprint density at radius 2 is 0.857 bits per heavy atom. The van der Waals surface area contributed by atoms with E-state index in [-0.39, 0.29) is 0 Å². The number of hydrogen-bond acceptors (Lipinski definition) is 0. The largest absolute Gasteiger partial charge is 0.0751 e. The van der Waals surface area contributed by atoms with Gasteiger partial charge in [0.05, 0.1) is 0 Å². The zero-order valence-corrected chi connectivity index (χ0v) is 15.9. The Kier molecular flexibility index (Phi) is 5.80. The van der Waals surface area contributed by atoms with Crippen LogP contribution in [0, 0.1) is 0 Å². The predicted molar refractivity (Wildman–Crippen MR) is 119 cm³/mol. The summed E-state index contributed by atoms with van der Waals surface area (Å²) in [4.78, 5) is 0. The Morgan fingerprint density at radius 3 is 1.25 bits per heavy atom. The lowest BCUT2D eigenvalue weighted by atomic mass is 9.86. The topological polar surface area (TPSA) is 0 Å². The molecule has 0 heterocycles. The molecule has 0 spiro atoms. The Morgan fingerprint density at radius 1 is 0.500 bits per heavy atom. The van der Waals surface area contributed by atoms with Gasteiger partial charge in [-0.25, -0.2) is 0 Å². The van der Waals surface area contributed by atoms with Gasteiger partial charge >= 0.3 is 0 Å². The predicted octanol–water partition coefficient (Wildman–Crippen LogP) is 7.34. The summed E-state index contributed by atoms with van der Waals surface area (Å²) >= 11 is 0. The van der Waals surface area contributed by atoms with E-state index in [1.807, 2.05) is 0 Å². The molecule has 136 valence electrons. The molecular weight excluding hydrogens is 336 g/mol. The van der Waals surface area contributed by atoms with Crippen molar-refractivity contribution in [2.24, 2.45) is 0 Å². The van der Waals surface area contributed by atoms with E-state index in [2.05, 4.69) is 127 Å². The lowest BCUT2D eigenvalue weighted by molar-refractivity contribution is 0.830. The van der Waals surface area contributed by atoms with E-state index in [1.54, 1.807) is 0 Å². The molecule has 0 bridgehead atoms. The number of benzene rings is 4. The van der Waals surface area contributed by atoms with Gasteiger partial charge in [-0.1, -0.05) is 127 Å². The number of hydrogen-bond donors (Lipinski definition) is 0. The molecule has 0 heteroatoms. The van der Waals surface area contributed by atoms with Crippen LogP contribution in [-0.4, -0.2) is 0 Å². The van der Waals surface area contributed by atoms with Crippen LogP contribution in [0.25, 0.3) is 5.57 Å². The molecule has 0 saturated carbocycles. The maximum Gasteiger partial charge on any atom is 0.0124 e. The van der Waals surface area contributed by atoms with Crippen LogP contribution < -0.4 is 0 Å². The third-order valence-electron chi connectivity index (χ3n) is 5.13. The fourth-order valence-electron chi connectivity index (χ4n) is 3.71. The molecule has 0 aromatic heterocycles. The number of rotatable bonds is 6. The summed E-state index contributed by atoms with van der Waals surface area (Å²) in [5, 5.41) is 0. The molecule has 0 aliphatic rings. The van der Waals surface area contributed by atoms with E-state index >= 15 is 0 Å².